The van der Waals surface area contributed by atoms with E-state index in [0.717, 1.165) is 11.1 Å². The van der Waals surface area contributed by atoms with E-state index in [-0.39, 0.29) is 18.9 Å². The lowest BCUT2D eigenvalue weighted by molar-refractivity contribution is -0.133. The molecule has 6 nitrogen and oxygen atoms in total. The van der Waals surface area contributed by atoms with Crippen molar-refractivity contribution in [1.29, 1.82) is 5.26 Å². The summed E-state index contributed by atoms with van der Waals surface area (Å²) in [6.45, 7) is 2.34. The van der Waals surface area contributed by atoms with Gasteiger partial charge in [0.05, 0.1) is 18.1 Å². The van der Waals surface area contributed by atoms with E-state index >= 15 is 0 Å². The van der Waals surface area contributed by atoms with Crippen molar-refractivity contribution >= 4 is 11.9 Å². The number of hydrogen-bond acceptors (Lipinski definition) is 5. The Balaban J connectivity index is 1.89. The number of hydrogen-bond donors (Lipinski definition) is 0. The lowest BCUT2D eigenvalue weighted by atomic mass is 10.1. The molecule has 0 saturated carbocycles. The minimum absolute atomic E-state index is 0.233. The van der Waals surface area contributed by atoms with E-state index in [9.17, 15) is 9.59 Å². The molecule has 0 saturated heterocycles. The Labute approximate surface area is 158 Å². The number of benzene rings is 2. The van der Waals surface area contributed by atoms with E-state index in [4.69, 9.17) is 14.7 Å². The molecule has 140 valence electrons. The van der Waals surface area contributed by atoms with Crippen LogP contribution in [0.4, 0.5) is 0 Å². The highest BCUT2D eigenvalue weighted by Gasteiger charge is 2.14. The van der Waals surface area contributed by atoms with Gasteiger partial charge in [-0.05, 0) is 30.7 Å². The highest BCUT2D eigenvalue weighted by molar-refractivity contribution is 5.91. The maximum Gasteiger partial charge on any atom is 0.338 e. The van der Waals surface area contributed by atoms with E-state index in [1.54, 1.807) is 31.3 Å². The monoisotopic (exact) mass is 366 g/mol. The van der Waals surface area contributed by atoms with Crippen LogP contribution in [0.1, 0.15) is 27.9 Å². The summed E-state index contributed by atoms with van der Waals surface area (Å²) < 4.78 is 10.8. The van der Waals surface area contributed by atoms with Crippen LogP contribution >= 0.6 is 0 Å². The maximum absolute atomic E-state index is 12.2. The lowest BCUT2D eigenvalue weighted by Gasteiger charge is -2.15. The molecule has 0 aliphatic heterocycles. The van der Waals surface area contributed by atoms with Crippen LogP contribution in [-0.4, -0.2) is 37.0 Å². The Kier molecular flexibility index (Phi) is 7.38. The number of aryl methyl sites for hydroxylation is 1. The first-order chi connectivity index (χ1) is 13.0. The van der Waals surface area contributed by atoms with Crippen LogP contribution in [0.3, 0.4) is 0 Å². The smallest absolute Gasteiger partial charge is 0.338 e. The number of ether oxygens (including phenoxy) is 2. The normalized spacial score (nSPS) is 9.96. The largest absolute Gasteiger partial charge is 0.489 e. The van der Waals surface area contributed by atoms with Gasteiger partial charge < -0.3 is 14.4 Å². The average molecular weight is 366 g/mol. The molecule has 0 unspecified atom stereocenters. The predicted molar refractivity (Wildman–Crippen MR) is 100 cm³/mol. The molecule has 0 spiro atoms. The molecular weight excluding hydrogens is 344 g/mol. The summed E-state index contributed by atoms with van der Waals surface area (Å²) in [4.78, 5) is 25.4. The molecule has 6 heteroatoms. The molecule has 0 fully saturated rings. The van der Waals surface area contributed by atoms with Gasteiger partial charge in [-0.3, -0.25) is 4.79 Å². The number of likely N-dealkylation sites (N-methyl/N-ethyl adjacent to an activating group) is 1. The minimum atomic E-state index is -0.599. The SMILES string of the molecule is Cc1cccc(COc2cccc(C(=O)OCC(=O)N(C)CCC#N)c2)c1. The number of carbonyl (C=O) groups is 2. The molecule has 0 aliphatic rings. The van der Waals surface area contributed by atoms with Crippen molar-refractivity contribution in [1.82, 2.24) is 4.90 Å². The second-order valence-corrected chi connectivity index (χ2v) is 6.11. The Morgan fingerprint density at radius 2 is 1.93 bits per heavy atom. The second-order valence-electron chi connectivity index (χ2n) is 6.11. The highest BCUT2D eigenvalue weighted by atomic mass is 16.5. The molecule has 0 aromatic heterocycles. The van der Waals surface area contributed by atoms with Gasteiger partial charge in [0.1, 0.15) is 12.4 Å². The molecule has 0 aliphatic carbocycles. The standard InChI is InChI=1S/C21H22N2O4/c1-16-6-3-7-17(12-16)14-26-19-9-4-8-18(13-19)21(25)27-15-20(24)23(2)11-5-10-22/h3-4,6-9,12-13H,5,11,14-15H2,1-2H3. The molecule has 2 rings (SSSR count). The quantitative estimate of drug-likeness (QED) is 0.671. The Bertz CT molecular complexity index is 842. The summed E-state index contributed by atoms with van der Waals surface area (Å²) in [5.74, 6) is -0.410. The van der Waals surface area contributed by atoms with Gasteiger partial charge >= 0.3 is 5.97 Å². The number of nitrogens with zero attached hydrogens (tertiary/aromatic N) is 2. The molecule has 0 bridgehead atoms. The van der Waals surface area contributed by atoms with Gasteiger partial charge in [0.25, 0.3) is 5.91 Å². The Hall–Kier alpha value is -3.33. The number of carbonyl (C=O) groups excluding carboxylic acids is 2. The van der Waals surface area contributed by atoms with Crippen LogP contribution < -0.4 is 4.74 Å². The Morgan fingerprint density at radius 1 is 1.15 bits per heavy atom. The average Bonchev–Trinajstić information content (AvgIpc) is 2.68. The van der Waals surface area contributed by atoms with Crippen molar-refractivity contribution < 1.29 is 19.1 Å². The van der Waals surface area contributed by atoms with E-state index in [1.807, 2.05) is 37.3 Å². The zero-order valence-corrected chi connectivity index (χ0v) is 15.5. The zero-order chi connectivity index (χ0) is 19.6. The summed E-state index contributed by atoms with van der Waals surface area (Å²) in [5.41, 5.74) is 2.50. The molecule has 1 amide bonds. The Morgan fingerprint density at radius 3 is 2.67 bits per heavy atom. The van der Waals surface area contributed by atoms with Crippen LogP contribution in [0.15, 0.2) is 48.5 Å². The van der Waals surface area contributed by atoms with Gasteiger partial charge in [0, 0.05) is 13.6 Å². The summed E-state index contributed by atoms with van der Waals surface area (Å²) >= 11 is 0. The van der Waals surface area contributed by atoms with Gasteiger partial charge in [-0.25, -0.2) is 4.79 Å². The van der Waals surface area contributed by atoms with Crippen molar-refractivity contribution in [2.24, 2.45) is 0 Å². The third-order valence-corrected chi connectivity index (χ3v) is 3.87. The first-order valence-electron chi connectivity index (χ1n) is 8.56. The fourth-order valence-corrected chi connectivity index (χ4v) is 2.34. The van der Waals surface area contributed by atoms with Crippen molar-refractivity contribution in [2.75, 3.05) is 20.2 Å². The summed E-state index contributed by atoms with van der Waals surface area (Å²) in [5, 5.41) is 8.53. The van der Waals surface area contributed by atoms with Crippen molar-refractivity contribution in [2.45, 2.75) is 20.0 Å². The van der Waals surface area contributed by atoms with Crippen LogP contribution in [-0.2, 0) is 16.1 Å². The number of rotatable bonds is 8. The van der Waals surface area contributed by atoms with Gasteiger partial charge in [-0.15, -0.1) is 0 Å². The third-order valence-electron chi connectivity index (χ3n) is 3.87. The lowest BCUT2D eigenvalue weighted by Crippen LogP contribution is -2.31. The summed E-state index contributed by atoms with van der Waals surface area (Å²) in [6.07, 6.45) is 0.233. The number of esters is 1. The maximum atomic E-state index is 12.2. The molecule has 0 atom stereocenters. The topological polar surface area (TPSA) is 79.6 Å². The summed E-state index contributed by atoms with van der Waals surface area (Å²) in [6, 6.07) is 16.6. The zero-order valence-electron chi connectivity index (χ0n) is 15.5. The second kappa shape index (κ2) is 9.97. The van der Waals surface area contributed by atoms with Crippen LogP contribution in [0.25, 0.3) is 0 Å². The van der Waals surface area contributed by atoms with Crippen LogP contribution in [0.5, 0.6) is 5.75 Å². The minimum Gasteiger partial charge on any atom is -0.489 e. The molecule has 27 heavy (non-hydrogen) atoms. The van der Waals surface area contributed by atoms with E-state index in [2.05, 4.69) is 0 Å². The molecule has 0 N–H and O–H groups in total. The van der Waals surface area contributed by atoms with Gasteiger partial charge in [-0.2, -0.15) is 5.26 Å². The van der Waals surface area contributed by atoms with Crippen LogP contribution in [0, 0.1) is 18.3 Å². The highest BCUT2D eigenvalue weighted by Crippen LogP contribution is 2.16. The number of nitriles is 1. The van der Waals surface area contributed by atoms with E-state index < -0.39 is 5.97 Å². The van der Waals surface area contributed by atoms with Gasteiger partial charge in [0.15, 0.2) is 6.61 Å². The fourth-order valence-electron chi connectivity index (χ4n) is 2.34. The molecule has 0 radical (unpaired) electrons. The summed E-state index contributed by atoms with van der Waals surface area (Å²) in [7, 11) is 1.56. The van der Waals surface area contributed by atoms with Gasteiger partial charge in [0.2, 0.25) is 0 Å². The fraction of sp³-hybridized carbons (Fsp3) is 0.286. The third kappa shape index (κ3) is 6.48. The number of amides is 1. The molecule has 2 aromatic carbocycles. The first-order valence-corrected chi connectivity index (χ1v) is 8.56. The molecular formula is C21H22N2O4. The first kappa shape index (κ1) is 20.0. The van der Waals surface area contributed by atoms with Crippen molar-refractivity contribution in [3.05, 3.63) is 65.2 Å². The molecule has 2 aromatic rings. The molecule has 0 heterocycles. The van der Waals surface area contributed by atoms with Gasteiger partial charge in [-0.1, -0.05) is 35.9 Å². The van der Waals surface area contributed by atoms with Crippen molar-refractivity contribution in [3.8, 4) is 11.8 Å². The predicted octanol–water partition coefficient (Wildman–Crippen LogP) is 3.10. The van der Waals surface area contributed by atoms with Crippen LogP contribution in [0.2, 0.25) is 0 Å². The van der Waals surface area contributed by atoms with Crippen molar-refractivity contribution in [3.63, 3.8) is 0 Å². The van der Waals surface area contributed by atoms with E-state index in [1.165, 1.54) is 4.90 Å². The van der Waals surface area contributed by atoms with E-state index in [0.29, 0.717) is 24.5 Å².